The zero-order chi connectivity index (χ0) is 22.0. The van der Waals surface area contributed by atoms with E-state index in [2.05, 4.69) is 32.9 Å². The number of aliphatic imine (C=N–C) groups is 2. The van der Waals surface area contributed by atoms with Crippen molar-refractivity contribution in [1.82, 2.24) is 4.98 Å². The number of rotatable bonds is 4. The van der Waals surface area contributed by atoms with Gasteiger partial charge in [0.1, 0.15) is 0 Å². The molecule has 0 aliphatic heterocycles. The van der Waals surface area contributed by atoms with Crippen LogP contribution in [0.1, 0.15) is 47.5 Å². The minimum absolute atomic E-state index is 0. The maximum atomic E-state index is 6.35. The number of nitrogens with zero attached hydrogens (tertiary/aromatic N) is 3. The molecule has 3 nitrogen and oxygen atoms in total. The van der Waals surface area contributed by atoms with E-state index in [4.69, 9.17) is 38.2 Å². The van der Waals surface area contributed by atoms with E-state index in [9.17, 15) is 0 Å². The van der Waals surface area contributed by atoms with E-state index >= 15 is 0 Å². The molecule has 0 saturated carbocycles. The largest absolute Gasteiger partial charge is 2.00 e. The van der Waals surface area contributed by atoms with E-state index in [1.807, 2.05) is 45.0 Å². The summed E-state index contributed by atoms with van der Waals surface area (Å²) in [5.74, 6) is 0. The standard InChI is InChI=1S/C25H25Cl2N3.2ClH.Fe/c1-14-10-15(2)24(16(3)11-14)28-18(5)22-8-7-9-23(30-22)19(6)29-25-17(4)12-20(26)13-21(25)27;;;/h7-13H,1-6H3;2*1H;/q;;;+2/p-2/b28-18+,29-19+;;;. The van der Waals surface area contributed by atoms with E-state index in [0.717, 1.165) is 45.2 Å². The van der Waals surface area contributed by atoms with E-state index < -0.39 is 0 Å². The topological polar surface area (TPSA) is 37.6 Å². The summed E-state index contributed by atoms with van der Waals surface area (Å²) in [4.78, 5) is 14.4. The predicted octanol–water partition coefficient (Wildman–Crippen LogP) is 1.91. The van der Waals surface area contributed by atoms with Gasteiger partial charge in [-0.15, -0.1) is 0 Å². The van der Waals surface area contributed by atoms with Gasteiger partial charge >= 0.3 is 17.1 Å². The van der Waals surface area contributed by atoms with Crippen molar-refractivity contribution in [3.63, 3.8) is 0 Å². The summed E-state index contributed by atoms with van der Waals surface area (Å²) < 4.78 is 0. The molecule has 0 amide bonds. The van der Waals surface area contributed by atoms with Gasteiger partial charge in [0.2, 0.25) is 0 Å². The molecule has 0 aliphatic carbocycles. The maximum Gasteiger partial charge on any atom is 2.00 e. The van der Waals surface area contributed by atoms with E-state index in [1.165, 1.54) is 5.56 Å². The van der Waals surface area contributed by atoms with Crippen molar-refractivity contribution in [3.05, 3.63) is 86.2 Å². The molecule has 3 aromatic rings. The third-order valence-electron chi connectivity index (χ3n) is 4.90. The molecule has 0 spiro atoms. The van der Waals surface area contributed by atoms with Gasteiger partial charge in [0.15, 0.2) is 0 Å². The minimum Gasteiger partial charge on any atom is -1.00 e. The second-order valence-electron chi connectivity index (χ2n) is 7.60. The van der Waals surface area contributed by atoms with Crippen LogP contribution in [0.3, 0.4) is 0 Å². The molecule has 0 aliphatic rings. The summed E-state index contributed by atoms with van der Waals surface area (Å²) in [6, 6.07) is 13.7. The van der Waals surface area contributed by atoms with Gasteiger partial charge < -0.3 is 24.8 Å². The van der Waals surface area contributed by atoms with Crippen LogP contribution in [0.15, 0.2) is 52.4 Å². The Morgan fingerprint density at radius 1 is 0.727 bits per heavy atom. The summed E-state index contributed by atoms with van der Waals surface area (Å²) in [7, 11) is 0. The summed E-state index contributed by atoms with van der Waals surface area (Å²) >= 11 is 12.4. The summed E-state index contributed by atoms with van der Waals surface area (Å²) in [6.45, 7) is 12.1. The molecular formula is C25H25Cl4FeN3. The van der Waals surface area contributed by atoms with Crippen LogP contribution in [0.25, 0.3) is 0 Å². The van der Waals surface area contributed by atoms with Crippen molar-refractivity contribution in [2.24, 2.45) is 9.98 Å². The fourth-order valence-electron chi connectivity index (χ4n) is 3.47. The van der Waals surface area contributed by atoms with E-state index in [-0.39, 0.29) is 41.9 Å². The summed E-state index contributed by atoms with van der Waals surface area (Å²) in [6.07, 6.45) is 0. The molecule has 0 saturated heterocycles. The monoisotopic (exact) mass is 563 g/mol. The number of halogens is 4. The van der Waals surface area contributed by atoms with Crippen molar-refractivity contribution in [2.75, 3.05) is 0 Å². The molecule has 0 atom stereocenters. The Labute approximate surface area is 229 Å². The number of aryl methyl sites for hydroxylation is 4. The van der Waals surface area contributed by atoms with Gasteiger partial charge in [-0.2, -0.15) is 0 Å². The molecule has 0 fully saturated rings. The third kappa shape index (κ3) is 7.82. The second kappa shape index (κ2) is 13.5. The van der Waals surface area contributed by atoms with Crippen LogP contribution in [0.5, 0.6) is 0 Å². The first-order valence-electron chi connectivity index (χ1n) is 9.77. The van der Waals surface area contributed by atoms with E-state index in [0.29, 0.717) is 15.7 Å². The molecule has 0 radical (unpaired) electrons. The van der Waals surface area contributed by atoms with Gasteiger partial charge in [0.05, 0.1) is 39.2 Å². The summed E-state index contributed by atoms with van der Waals surface area (Å²) in [5.41, 5.74) is 9.43. The maximum absolute atomic E-state index is 6.35. The van der Waals surface area contributed by atoms with Crippen molar-refractivity contribution in [3.8, 4) is 0 Å². The first-order valence-corrected chi connectivity index (χ1v) is 10.5. The van der Waals surface area contributed by atoms with E-state index in [1.54, 1.807) is 6.07 Å². The predicted molar refractivity (Wildman–Crippen MR) is 130 cm³/mol. The van der Waals surface area contributed by atoms with Crippen LogP contribution >= 0.6 is 23.2 Å². The van der Waals surface area contributed by atoms with Crippen LogP contribution in [0.4, 0.5) is 11.4 Å². The zero-order valence-corrected chi connectivity index (χ0v) is 23.4. The quantitative estimate of drug-likeness (QED) is 0.352. The number of hydrogen-bond donors (Lipinski definition) is 0. The Morgan fingerprint density at radius 2 is 1.18 bits per heavy atom. The Bertz CT molecular complexity index is 1060. The number of hydrogen-bond acceptors (Lipinski definition) is 3. The number of aromatic nitrogens is 1. The molecule has 3 rings (SSSR count). The van der Waals surface area contributed by atoms with Gasteiger partial charge in [-0.25, -0.2) is 9.98 Å². The van der Waals surface area contributed by atoms with Gasteiger partial charge in [0, 0.05) is 5.02 Å². The van der Waals surface area contributed by atoms with Gasteiger partial charge in [0.25, 0.3) is 0 Å². The Hall–Kier alpha value is -1.39. The van der Waals surface area contributed by atoms with Crippen LogP contribution in [-0.2, 0) is 17.1 Å². The van der Waals surface area contributed by atoms with Crippen molar-refractivity contribution in [1.29, 1.82) is 0 Å². The number of benzene rings is 2. The zero-order valence-electron chi connectivity index (χ0n) is 19.2. The average Bonchev–Trinajstić information content (AvgIpc) is 2.67. The van der Waals surface area contributed by atoms with Crippen LogP contribution in [0, 0.1) is 27.7 Å². The van der Waals surface area contributed by atoms with Crippen LogP contribution in [-0.4, -0.2) is 16.4 Å². The molecule has 8 heteroatoms. The Kier molecular flexibility index (Phi) is 12.9. The van der Waals surface area contributed by atoms with Crippen LogP contribution in [0.2, 0.25) is 10.0 Å². The fourth-order valence-corrected chi connectivity index (χ4v) is 4.11. The molecular weight excluding hydrogens is 540 g/mol. The van der Waals surface area contributed by atoms with Gasteiger partial charge in [-0.05, 0) is 82.5 Å². The van der Waals surface area contributed by atoms with Gasteiger partial charge in [-0.1, -0.05) is 47.0 Å². The average molecular weight is 565 g/mol. The molecule has 1 heterocycles. The SMILES string of the molecule is C/C(=N\c1c(C)cc(C)cc1C)c1cccc(/C(C)=N/c2c(C)cc(Cl)cc2Cl)n1.[Cl-].[Cl-].[Fe+2]. The molecule has 1 aromatic heterocycles. The molecule has 176 valence electrons. The normalized spacial score (nSPS) is 11.3. The third-order valence-corrected chi connectivity index (χ3v) is 5.41. The Balaban J connectivity index is 0.00000341. The first kappa shape index (κ1) is 31.6. The second-order valence-corrected chi connectivity index (χ2v) is 8.45. The van der Waals surface area contributed by atoms with Crippen molar-refractivity contribution in [2.45, 2.75) is 41.5 Å². The van der Waals surface area contributed by atoms with Gasteiger partial charge in [-0.3, -0.25) is 4.99 Å². The molecule has 0 N–H and O–H groups in total. The number of pyridine rings is 1. The first-order chi connectivity index (χ1) is 14.2. The smallest absolute Gasteiger partial charge is 1.00 e. The van der Waals surface area contributed by atoms with Crippen molar-refractivity contribution >= 4 is 46.0 Å². The molecule has 0 bridgehead atoms. The molecule has 33 heavy (non-hydrogen) atoms. The summed E-state index contributed by atoms with van der Waals surface area (Å²) in [5, 5.41) is 1.13. The van der Waals surface area contributed by atoms with Crippen molar-refractivity contribution < 1.29 is 41.9 Å². The molecule has 0 unspecified atom stereocenters. The Morgan fingerprint density at radius 3 is 1.67 bits per heavy atom. The fraction of sp³-hybridized carbons (Fsp3) is 0.240. The minimum atomic E-state index is 0. The molecule has 2 aromatic carbocycles. The van der Waals surface area contributed by atoms with Crippen LogP contribution < -0.4 is 24.8 Å².